The summed E-state index contributed by atoms with van der Waals surface area (Å²) < 4.78 is 5.11. The van der Waals surface area contributed by atoms with Crippen LogP contribution < -0.4 is 11.1 Å². The Morgan fingerprint density at radius 2 is 2.25 bits per heavy atom. The van der Waals surface area contributed by atoms with Gasteiger partial charge in [0.05, 0.1) is 18.4 Å². The number of carbonyl (C=O) groups excluding carboxylic acids is 1. The van der Waals surface area contributed by atoms with Crippen LogP contribution in [-0.2, 0) is 6.54 Å². The molecule has 0 aliphatic rings. The maximum atomic E-state index is 11.9. The normalized spacial score (nSPS) is 9.70. The number of amides is 1. The van der Waals surface area contributed by atoms with Crippen molar-refractivity contribution in [2.75, 3.05) is 6.54 Å². The minimum absolute atomic E-state index is 0.144. The van der Waals surface area contributed by atoms with Crippen molar-refractivity contribution in [1.82, 2.24) is 5.32 Å². The zero-order valence-electron chi connectivity index (χ0n) is 11.3. The molecule has 0 radical (unpaired) electrons. The Balaban J connectivity index is 2.01. The number of nitrogens with two attached hydrogens (primary N) is 1. The van der Waals surface area contributed by atoms with Crippen LogP contribution in [0.2, 0.25) is 0 Å². The van der Waals surface area contributed by atoms with Crippen molar-refractivity contribution < 1.29 is 9.21 Å². The number of rotatable bonds is 3. The van der Waals surface area contributed by atoms with Crippen LogP contribution in [0.4, 0.5) is 0 Å². The zero-order chi connectivity index (χ0) is 14.4. The highest BCUT2D eigenvalue weighted by atomic mass is 16.3. The average Bonchev–Trinajstić information content (AvgIpc) is 2.89. The van der Waals surface area contributed by atoms with E-state index in [-0.39, 0.29) is 5.91 Å². The summed E-state index contributed by atoms with van der Waals surface area (Å²) in [5.41, 5.74) is 7.78. The van der Waals surface area contributed by atoms with E-state index >= 15 is 0 Å². The molecule has 0 saturated heterocycles. The molecule has 0 aliphatic heterocycles. The molecular formula is C16H16N2O2. The molecule has 1 amide bonds. The van der Waals surface area contributed by atoms with Gasteiger partial charge in [0.15, 0.2) is 0 Å². The van der Waals surface area contributed by atoms with Crippen LogP contribution in [0.5, 0.6) is 0 Å². The van der Waals surface area contributed by atoms with Gasteiger partial charge in [-0.15, -0.1) is 0 Å². The van der Waals surface area contributed by atoms with Crippen molar-refractivity contribution in [2.45, 2.75) is 13.5 Å². The predicted octanol–water partition coefficient (Wildman–Crippen LogP) is 1.83. The Morgan fingerprint density at radius 3 is 2.95 bits per heavy atom. The number of hydrogen-bond acceptors (Lipinski definition) is 3. The van der Waals surface area contributed by atoms with Crippen LogP contribution in [0.25, 0.3) is 0 Å². The number of hydrogen-bond donors (Lipinski definition) is 2. The molecular weight excluding hydrogens is 252 g/mol. The summed E-state index contributed by atoms with van der Waals surface area (Å²) >= 11 is 0. The van der Waals surface area contributed by atoms with E-state index in [0.29, 0.717) is 24.4 Å². The lowest BCUT2D eigenvalue weighted by Crippen LogP contribution is -2.22. The maximum Gasteiger partial charge on any atom is 0.255 e. The first-order chi connectivity index (χ1) is 9.70. The lowest BCUT2D eigenvalue weighted by molar-refractivity contribution is 0.0949. The molecule has 2 aromatic rings. The number of benzene rings is 1. The Labute approximate surface area is 118 Å². The molecule has 1 aromatic heterocycles. The summed E-state index contributed by atoms with van der Waals surface area (Å²) in [5, 5.41) is 2.85. The van der Waals surface area contributed by atoms with Crippen LogP contribution in [0, 0.1) is 18.8 Å². The van der Waals surface area contributed by atoms with Gasteiger partial charge in [-0.05, 0) is 30.7 Å². The average molecular weight is 268 g/mol. The first-order valence-electron chi connectivity index (χ1n) is 6.31. The third kappa shape index (κ3) is 3.50. The molecule has 0 fully saturated rings. The molecule has 20 heavy (non-hydrogen) atoms. The summed E-state index contributed by atoms with van der Waals surface area (Å²) in [7, 11) is 0. The van der Waals surface area contributed by atoms with Crippen molar-refractivity contribution in [2.24, 2.45) is 5.73 Å². The molecule has 4 heteroatoms. The molecule has 102 valence electrons. The van der Waals surface area contributed by atoms with Gasteiger partial charge in [-0.2, -0.15) is 0 Å². The van der Waals surface area contributed by atoms with Gasteiger partial charge in [-0.25, -0.2) is 0 Å². The minimum Gasteiger partial charge on any atom is -0.469 e. The topological polar surface area (TPSA) is 68.3 Å². The van der Waals surface area contributed by atoms with E-state index in [0.717, 1.165) is 11.1 Å². The summed E-state index contributed by atoms with van der Waals surface area (Å²) in [5.74, 6) is 6.24. The number of carbonyl (C=O) groups is 1. The van der Waals surface area contributed by atoms with E-state index < -0.39 is 0 Å². The highest BCUT2D eigenvalue weighted by Gasteiger charge is 2.10. The molecule has 4 nitrogen and oxygen atoms in total. The zero-order valence-corrected chi connectivity index (χ0v) is 11.3. The van der Waals surface area contributed by atoms with E-state index in [4.69, 9.17) is 10.2 Å². The van der Waals surface area contributed by atoms with Gasteiger partial charge in [0.25, 0.3) is 5.91 Å². The lowest BCUT2D eigenvalue weighted by Gasteiger charge is -2.05. The van der Waals surface area contributed by atoms with Crippen molar-refractivity contribution in [3.05, 3.63) is 59.0 Å². The molecule has 0 aliphatic carbocycles. The van der Waals surface area contributed by atoms with Crippen LogP contribution in [-0.4, -0.2) is 12.5 Å². The number of furan rings is 1. The second kappa shape index (κ2) is 6.60. The Bertz CT molecular complexity index is 662. The SMILES string of the molecule is Cc1occc1C(=O)NCc1cccc(C#CCN)c1. The van der Waals surface area contributed by atoms with Crippen LogP contribution >= 0.6 is 0 Å². The van der Waals surface area contributed by atoms with Crippen molar-refractivity contribution in [1.29, 1.82) is 0 Å². The first kappa shape index (κ1) is 13.9. The molecule has 0 atom stereocenters. The van der Waals surface area contributed by atoms with Gasteiger partial charge in [-0.3, -0.25) is 4.79 Å². The van der Waals surface area contributed by atoms with Crippen molar-refractivity contribution >= 4 is 5.91 Å². The monoisotopic (exact) mass is 268 g/mol. The van der Waals surface area contributed by atoms with Gasteiger partial charge in [0.1, 0.15) is 5.76 Å². The highest BCUT2D eigenvalue weighted by molar-refractivity contribution is 5.94. The Kier molecular flexibility index (Phi) is 4.59. The summed E-state index contributed by atoms with van der Waals surface area (Å²) in [6.45, 7) is 2.54. The summed E-state index contributed by atoms with van der Waals surface area (Å²) in [6, 6.07) is 9.36. The first-order valence-corrected chi connectivity index (χ1v) is 6.31. The van der Waals surface area contributed by atoms with Crippen LogP contribution in [0.1, 0.15) is 27.2 Å². The molecule has 0 saturated carbocycles. The third-order valence-electron chi connectivity index (χ3n) is 2.82. The van der Waals surface area contributed by atoms with Gasteiger partial charge in [-0.1, -0.05) is 24.0 Å². The standard InChI is InChI=1S/C16H16N2O2/c1-12-15(7-9-20-12)16(19)18-11-14-5-2-4-13(10-14)6-3-8-17/h2,4-5,7,9-10H,8,11,17H2,1H3,(H,18,19). The van der Waals surface area contributed by atoms with E-state index in [1.54, 1.807) is 13.0 Å². The van der Waals surface area contributed by atoms with Crippen molar-refractivity contribution in [3.63, 3.8) is 0 Å². The maximum absolute atomic E-state index is 11.9. The van der Waals surface area contributed by atoms with Crippen molar-refractivity contribution in [3.8, 4) is 11.8 Å². The summed E-state index contributed by atoms with van der Waals surface area (Å²) in [6.07, 6.45) is 1.51. The second-order valence-corrected chi connectivity index (χ2v) is 4.28. The Morgan fingerprint density at radius 1 is 1.40 bits per heavy atom. The smallest absolute Gasteiger partial charge is 0.255 e. The molecule has 0 bridgehead atoms. The van der Waals surface area contributed by atoms with E-state index in [1.165, 1.54) is 6.26 Å². The van der Waals surface area contributed by atoms with E-state index in [1.807, 2.05) is 24.3 Å². The lowest BCUT2D eigenvalue weighted by atomic mass is 10.1. The number of nitrogens with one attached hydrogen (secondary N) is 1. The molecule has 1 heterocycles. The molecule has 1 aromatic carbocycles. The van der Waals surface area contributed by atoms with Crippen LogP contribution in [0.15, 0.2) is 41.0 Å². The molecule has 0 spiro atoms. The van der Waals surface area contributed by atoms with E-state index in [2.05, 4.69) is 17.2 Å². The fourth-order valence-corrected chi connectivity index (χ4v) is 1.81. The van der Waals surface area contributed by atoms with E-state index in [9.17, 15) is 4.79 Å². The number of aryl methyl sites for hydroxylation is 1. The van der Waals surface area contributed by atoms with Crippen LogP contribution in [0.3, 0.4) is 0 Å². The predicted molar refractivity (Wildman–Crippen MR) is 77.0 cm³/mol. The quantitative estimate of drug-likeness (QED) is 0.834. The third-order valence-corrected chi connectivity index (χ3v) is 2.82. The molecule has 3 N–H and O–H groups in total. The molecule has 2 rings (SSSR count). The Hall–Kier alpha value is -2.51. The van der Waals surface area contributed by atoms with Gasteiger partial charge in [0.2, 0.25) is 0 Å². The second-order valence-electron chi connectivity index (χ2n) is 4.28. The summed E-state index contributed by atoms with van der Waals surface area (Å²) in [4.78, 5) is 11.9. The minimum atomic E-state index is -0.144. The van der Waals surface area contributed by atoms with Gasteiger partial charge in [0, 0.05) is 12.1 Å². The largest absolute Gasteiger partial charge is 0.469 e. The highest BCUT2D eigenvalue weighted by Crippen LogP contribution is 2.09. The van der Waals surface area contributed by atoms with Gasteiger partial charge >= 0.3 is 0 Å². The molecule has 0 unspecified atom stereocenters. The fraction of sp³-hybridized carbons (Fsp3) is 0.188. The fourth-order valence-electron chi connectivity index (χ4n) is 1.81. The van der Waals surface area contributed by atoms with Gasteiger partial charge < -0.3 is 15.5 Å².